The van der Waals surface area contributed by atoms with E-state index in [0.717, 1.165) is 13.1 Å². The van der Waals surface area contributed by atoms with Crippen molar-refractivity contribution < 1.29 is 4.70 Å². The summed E-state index contributed by atoms with van der Waals surface area (Å²) < 4.78 is 0.250. The summed E-state index contributed by atoms with van der Waals surface area (Å²) in [4.78, 5) is 0. The quantitative estimate of drug-likeness (QED) is 0.361. The fraction of sp³-hybridized carbons (Fsp3) is 1.00. The van der Waals surface area contributed by atoms with Gasteiger partial charge < -0.3 is 0 Å². The van der Waals surface area contributed by atoms with E-state index in [0.29, 0.717) is 0 Å². The van der Waals surface area contributed by atoms with Crippen molar-refractivity contribution in [1.29, 1.82) is 0 Å². The van der Waals surface area contributed by atoms with Gasteiger partial charge in [0, 0.05) is 12.8 Å². The van der Waals surface area contributed by atoms with Crippen LogP contribution in [0, 0.1) is 0 Å². The van der Waals surface area contributed by atoms with E-state index >= 15 is 0 Å². The fourth-order valence-electron chi connectivity index (χ4n) is 1.28. The van der Waals surface area contributed by atoms with Gasteiger partial charge in [0.05, 0.1) is 0 Å². The molecule has 0 spiro atoms. The maximum atomic E-state index is 5.69. The molecular weight excluding hydrogens is 114 g/mol. The summed E-state index contributed by atoms with van der Waals surface area (Å²) in [6.07, 6.45) is 4.97. The summed E-state index contributed by atoms with van der Waals surface area (Å²) >= 11 is 0. The van der Waals surface area contributed by atoms with E-state index in [1.54, 1.807) is 0 Å². The number of hydrogen-bond acceptors (Lipinski definition) is 2. The molecule has 1 saturated heterocycles. The third-order valence-electron chi connectivity index (χ3n) is 1.90. The number of rotatable bonds is 0. The first-order valence-electron chi connectivity index (χ1n) is 3.65. The molecule has 4 N–H and O–H groups in total. The Morgan fingerprint density at radius 3 is 1.67 bits per heavy atom. The van der Waals surface area contributed by atoms with Gasteiger partial charge in [-0.3, -0.25) is 0 Å². The molecule has 1 rings (SSSR count). The van der Waals surface area contributed by atoms with E-state index in [9.17, 15) is 0 Å². The zero-order valence-electron chi connectivity index (χ0n) is 5.84. The average Bonchev–Trinajstić information content (AvgIpc) is 1.92. The Kier molecular flexibility index (Phi) is 2.05. The maximum absolute atomic E-state index is 5.69. The van der Waals surface area contributed by atoms with Gasteiger partial charge in [-0.1, -0.05) is 0 Å². The molecule has 3 nitrogen and oxygen atoms in total. The van der Waals surface area contributed by atoms with Crippen LogP contribution in [0.25, 0.3) is 0 Å². The largest absolute Gasteiger partial charge is 0.176 e. The number of nitrogens with two attached hydrogens (primary N) is 2. The molecular formula is C6H16N3+. The summed E-state index contributed by atoms with van der Waals surface area (Å²) in [5.41, 5.74) is 0. The molecule has 0 aromatic rings. The smallest absolute Gasteiger partial charge is 0.114 e. The lowest BCUT2D eigenvalue weighted by atomic mass is 10.2. The predicted octanol–water partition coefficient (Wildman–Crippen LogP) is 0.125. The van der Waals surface area contributed by atoms with Gasteiger partial charge in [0.15, 0.2) is 0 Å². The summed E-state index contributed by atoms with van der Waals surface area (Å²) in [7, 11) is 0. The van der Waals surface area contributed by atoms with Crippen LogP contribution in [0.5, 0.6) is 0 Å². The molecule has 0 radical (unpaired) electrons. The van der Waals surface area contributed by atoms with E-state index in [-0.39, 0.29) is 4.70 Å². The van der Waals surface area contributed by atoms with Gasteiger partial charge >= 0.3 is 0 Å². The SMILES string of the molecule is N[N+]1(N)CCCCCC1. The third kappa shape index (κ3) is 2.30. The first kappa shape index (κ1) is 6.99. The fourth-order valence-corrected chi connectivity index (χ4v) is 1.28. The van der Waals surface area contributed by atoms with E-state index in [4.69, 9.17) is 11.7 Å². The van der Waals surface area contributed by atoms with Gasteiger partial charge in [0.2, 0.25) is 0 Å². The highest BCUT2D eigenvalue weighted by molar-refractivity contribution is 4.46. The average molecular weight is 130 g/mol. The summed E-state index contributed by atoms with van der Waals surface area (Å²) in [6, 6.07) is 0. The van der Waals surface area contributed by atoms with Crippen LogP contribution < -0.4 is 11.7 Å². The second kappa shape index (κ2) is 2.64. The van der Waals surface area contributed by atoms with E-state index in [2.05, 4.69) is 0 Å². The Hall–Kier alpha value is -0.120. The summed E-state index contributed by atoms with van der Waals surface area (Å²) in [5, 5.41) is 0. The lowest BCUT2D eigenvalue weighted by Gasteiger charge is -2.23. The minimum absolute atomic E-state index is 0.250. The molecule has 1 heterocycles. The topological polar surface area (TPSA) is 52.0 Å². The molecule has 0 aromatic carbocycles. The summed E-state index contributed by atoms with van der Waals surface area (Å²) in [5.74, 6) is 11.4. The van der Waals surface area contributed by atoms with Gasteiger partial charge in [-0.2, -0.15) is 16.4 Å². The highest BCUT2D eigenvalue weighted by Gasteiger charge is 2.18. The van der Waals surface area contributed by atoms with E-state index in [1.807, 2.05) is 0 Å². The van der Waals surface area contributed by atoms with Crippen molar-refractivity contribution in [3.63, 3.8) is 0 Å². The van der Waals surface area contributed by atoms with Gasteiger partial charge in [-0.25, -0.2) is 0 Å². The van der Waals surface area contributed by atoms with Crippen LogP contribution in [-0.4, -0.2) is 17.8 Å². The molecule has 3 heteroatoms. The second-order valence-corrected chi connectivity index (χ2v) is 2.96. The molecule has 1 aliphatic rings. The Morgan fingerprint density at radius 2 is 1.22 bits per heavy atom. The Labute approximate surface area is 56.1 Å². The van der Waals surface area contributed by atoms with Gasteiger partial charge in [0.25, 0.3) is 0 Å². The van der Waals surface area contributed by atoms with Crippen LogP contribution in [0.2, 0.25) is 0 Å². The zero-order valence-corrected chi connectivity index (χ0v) is 5.84. The molecule has 0 aromatic heterocycles. The summed E-state index contributed by atoms with van der Waals surface area (Å²) in [6.45, 7) is 1.89. The number of nitrogens with zero attached hydrogens (tertiary/aromatic N) is 1. The van der Waals surface area contributed by atoms with Crippen molar-refractivity contribution >= 4 is 0 Å². The molecule has 0 unspecified atom stereocenters. The van der Waals surface area contributed by atoms with Crippen LogP contribution in [0.4, 0.5) is 0 Å². The van der Waals surface area contributed by atoms with Gasteiger partial charge in [-0.15, -0.1) is 0 Å². The molecule has 0 aliphatic carbocycles. The van der Waals surface area contributed by atoms with Gasteiger partial charge in [0.1, 0.15) is 13.1 Å². The van der Waals surface area contributed by atoms with Crippen molar-refractivity contribution in [2.75, 3.05) is 13.1 Å². The standard InChI is InChI=1S/C6H16N3/c7-9(8)5-3-1-2-4-6-9/h1-8H2/q+1. The second-order valence-electron chi connectivity index (χ2n) is 2.96. The lowest BCUT2D eigenvalue weighted by Crippen LogP contribution is -2.60. The molecule has 0 saturated carbocycles. The lowest BCUT2D eigenvalue weighted by molar-refractivity contribution is -0.950. The van der Waals surface area contributed by atoms with Crippen LogP contribution in [0.1, 0.15) is 25.7 Å². The van der Waals surface area contributed by atoms with Crippen molar-refractivity contribution in [3.05, 3.63) is 0 Å². The molecule has 9 heavy (non-hydrogen) atoms. The molecule has 54 valence electrons. The molecule has 1 aliphatic heterocycles. The Morgan fingerprint density at radius 1 is 0.778 bits per heavy atom. The first-order chi connectivity index (χ1) is 4.21. The maximum Gasteiger partial charge on any atom is 0.114 e. The van der Waals surface area contributed by atoms with Crippen LogP contribution in [-0.2, 0) is 0 Å². The van der Waals surface area contributed by atoms with Crippen molar-refractivity contribution in [1.82, 2.24) is 0 Å². The molecule has 0 atom stereocenters. The first-order valence-corrected chi connectivity index (χ1v) is 3.65. The minimum atomic E-state index is 0.250. The molecule has 0 bridgehead atoms. The van der Waals surface area contributed by atoms with E-state index in [1.165, 1.54) is 25.7 Å². The Balaban J connectivity index is 2.36. The number of hydrogen-bond donors (Lipinski definition) is 2. The highest BCUT2D eigenvalue weighted by Crippen LogP contribution is 2.08. The predicted molar refractivity (Wildman–Crippen MR) is 36.8 cm³/mol. The van der Waals surface area contributed by atoms with Crippen LogP contribution >= 0.6 is 0 Å². The zero-order chi connectivity index (χ0) is 6.74. The highest BCUT2D eigenvalue weighted by atomic mass is 15.7. The van der Waals surface area contributed by atoms with E-state index < -0.39 is 0 Å². The Bertz CT molecular complexity index is 80.3. The minimum Gasteiger partial charge on any atom is -0.176 e. The van der Waals surface area contributed by atoms with Crippen LogP contribution in [0.3, 0.4) is 0 Å². The molecule has 1 fully saturated rings. The van der Waals surface area contributed by atoms with Crippen molar-refractivity contribution in [3.8, 4) is 0 Å². The third-order valence-corrected chi connectivity index (χ3v) is 1.90. The monoisotopic (exact) mass is 130 g/mol. The normalized spacial score (nSPS) is 27.3. The van der Waals surface area contributed by atoms with Gasteiger partial charge in [-0.05, 0) is 12.8 Å². The van der Waals surface area contributed by atoms with Crippen LogP contribution in [0.15, 0.2) is 0 Å². The molecule has 0 amide bonds. The van der Waals surface area contributed by atoms with Crippen molar-refractivity contribution in [2.45, 2.75) is 25.7 Å². The number of quaternary nitrogens is 1. The van der Waals surface area contributed by atoms with Crippen molar-refractivity contribution in [2.24, 2.45) is 11.7 Å².